The Labute approximate surface area is 125 Å². The Morgan fingerprint density at radius 1 is 0.950 bits per heavy atom. The molecule has 0 heterocycles. The number of hydrogen-bond donors (Lipinski definition) is 0. The molecule has 1 atom stereocenters. The zero-order valence-electron chi connectivity index (χ0n) is 11.4. The molecule has 0 aliphatic carbocycles. The van der Waals surface area contributed by atoms with Gasteiger partial charge in [-0.1, -0.05) is 48.5 Å². The predicted molar refractivity (Wildman–Crippen MR) is 85.9 cm³/mol. The van der Waals surface area contributed by atoms with Gasteiger partial charge in [-0.2, -0.15) is 0 Å². The summed E-state index contributed by atoms with van der Waals surface area (Å²) in [4.78, 5) is 1.11. The number of hydrogen-bond acceptors (Lipinski definition) is 3. The second-order valence-corrected chi connectivity index (χ2v) is 8.39. The van der Waals surface area contributed by atoms with Crippen molar-refractivity contribution in [3.8, 4) is 0 Å². The monoisotopic (exact) mass is 306 g/mol. The molecule has 1 unspecified atom stereocenters. The molecular formula is C16H18O2S2. The van der Waals surface area contributed by atoms with E-state index in [4.69, 9.17) is 0 Å². The van der Waals surface area contributed by atoms with Gasteiger partial charge in [0, 0.05) is 16.4 Å². The van der Waals surface area contributed by atoms with Gasteiger partial charge < -0.3 is 0 Å². The lowest BCUT2D eigenvalue weighted by Crippen LogP contribution is -2.19. The van der Waals surface area contributed by atoms with E-state index in [0.29, 0.717) is 0 Å². The van der Waals surface area contributed by atoms with Gasteiger partial charge in [0.25, 0.3) is 0 Å². The third-order valence-corrected chi connectivity index (χ3v) is 5.27. The highest BCUT2D eigenvalue weighted by atomic mass is 32.2. The first-order valence-electron chi connectivity index (χ1n) is 6.46. The van der Waals surface area contributed by atoms with E-state index in [0.717, 1.165) is 11.3 Å². The maximum Gasteiger partial charge on any atom is 0.148 e. The molecule has 0 N–H and O–H groups in total. The Balaban J connectivity index is 2.12. The van der Waals surface area contributed by atoms with Crippen LogP contribution in [0.5, 0.6) is 0 Å². The molecule has 0 amide bonds. The van der Waals surface area contributed by atoms with Gasteiger partial charge in [-0.15, -0.1) is 11.8 Å². The fourth-order valence-electron chi connectivity index (χ4n) is 2.04. The minimum atomic E-state index is -2.98. The highest BCUT2D eigenvalue weighted by Crippen LogP contribution is 2.26. The van der Waals surface area contributed by atoms with Crippen LogP contribution in [-0.4, -0.2) is 25.7 Å². The summed E-state index contributed by atoms with van der Waals surface area (Å²) in [6, 6.07) is 20.0. The van der Waals surface area contributed by atoms with Crippen molar-refractivity contribution in [2.24, 2.45) is 0 Å². The molecule has 0 saturated heterocycles. The van der Waals surface area contributed by atoms with Gasteiger partial charge in [0.2, 0.25) is 0 Å². The minimum absolute atomic E-state index is 0.0369. The number of rotatable bonds is 6. The third kappa shape index (κ3) is 5.39. The molecule has 0 radical (unpaired) electrons. The van der Waals surface area contributed by atoms with Crippen LogP contribution in [0.25, 0.3) is 0 Å². The Morgan fingerprint density at radius 2 is 1.50 bits per heavy atom. The van der Waals surface area contributed by atoms with Crippen LogP contribution in [0.4, 0.5) is 0 Å². The molecule has 106 valence electrons. The number of benzene rings is 2. The summed E-state index contributed by atoms with van der Waals surface area (Å²) in [6.45, 7) is 0. The van der Waals surface area contributed by atoms with Gasteiger partial charge >= 0.3 is 0 Å². The molecule has 2 aromatic carbocycles. The van der Waals surface area contributed by atoms with Crippen LogP contribution >= 0.6 is 11.8 Å². The largest absolute Gasteiger partial charge is 0.229 e. The maximum absolute atomic E-state index is 11.6. The SMILES string of the molecule is CS(=O)(=O)CC(Cc1ccccc1)Sc1ccccc1. The van der Waals surface area contributed by atoms with Gasteiger partial charge in [-0.05, 0) is 24.1 Å². The lowest BCUT2D eigenvalue weighted by atomic mass is 10.1. The van der Waals surface area contributed by atoms with E-state index in [1.165, 1.54) is 11.8 Å². The first-order chi connectivity index (χ1) is 9.53. The van der Waals surface area contributed by atoms with E-state index >= 15 is 0 Å². The maximum atomic E-state index is 11.6. The topological polar surface area (TPSA) is 34.1 Å². The van der Waals surface area contributed by atoms with Gasteiger partial charge in [0.15, 0.2) is 0 Å². The van der Waals surface area contributed by atoms with Crippen LogP contribution in [0.15, 0.2) is 65.6 Å². The third-order valence-electron chi connectivity index (χ3n) is 2.84. The van der Waals surface area contributed by atoms with E-state index < -0.39 is 9.84 Å². The second kappa shape index (κ2) is 6.95. The Morgan fingerprint density at radius 3 is 2.05 bits per heavy atom. The standard InChI is InChI=1S/C16H18O2S2/c1-20(17,18)13-16(12-14-8-4-2-5-9-14)19-15-10-6-3-7-11-15/h2-11,16H,12-13H2,1H3. The van der Waals surface area contributed by atoms with Crippen LogP contribution in [-0.2, 0) is 16.3 Å². The van der Waals surface area contributed by atoms with Gasteiger partial charge in [0.1, 0.15) is 9.84 Å². The molecule has 0 bridgehead atoms. The second-order valence-electron chi connectivity index (χ2n) is 4.84. The zero-order chi connectivity index (χ0) is 14.4. The Bertz CT molecular complexity index is 581. The highest BCUT2D eigenvalue weighted by Gasteiger charge is 2.17. The minimum Gasteiger partial charge on any atom is -0.229 e. The molecule has 2 rings (SSSR count). The first kappa shape index (κ1) is 15.1. The first-order valence-corrected chi connectivity index (χ1v) is 9.40. The molecular weight excluding hydrogens is 288 g/mol. The fraction of sp³-hybridized carbons (Fsp3) is 0.250. The van der Waals surface area contributed by atoms with Crippen molar-refractivity contribution in [2.75, 3.05) is 12.0 Å². The van der Waals surface area contributed by atoms with E-state index in [1.54, 1.807) is 11.8 Å². The van der Waals surface area contributed by atoms with Crippen molar-refractivity contribution in [1.82, 2.24) is 0 Å². The molecule has 2 nitrogen and oxygen atoms in total. The van der Waals surface area contributed by atoms with E-state index in [1.807, 2.05) is 60.7 Å². The molecule has 0 saturated carbocycles. The zero-order valence-corrected chi connectivity index (χ0v) is 13.0. The molecule has 2 aromatic rings. The average Bonchev–Trinajstić information content (AvgIpc) is 2.39. The van der Waals surface area contributed by atoms with Crippen LogP contribution in [0.2, 0.25) is 0 Å². The van der Waals surface area contributed by atoms with E-state index in [2.05, 4.69) is 0 Å². The summed E-state index contributed by atoms with van der Waals surface area (Å²) in [7, 11) is -2.98. The van der Waals surface area contributed by atoms with Crippen LogP contribution in [0.1, 0.15) is 5.56 Å². The molecule has 0 spiro atoms. The summed E-state index contributed by atoms with van der Waals surface area (Å²) in [5.74, 6) is 0.196. The normalized spacial score (nSPS) is 13.1. The molecule has 4 heteroatoms. The molecule has 0 aliphatic heterocycles. The quantitative estimate of drug-likeness (QED) is 0.767. The Kier molecular flexibility index (Phi) is 5.26. The number of thioether (sulfide) groups is 1. The lowest BCUT2D eigenvalue weighted by molar-refractivity contribution is 0.600. The van der Waals surface area contributed by atoms with Crippen molar-refractivity contribution in [1.29, 1.82) is 0 Å². The Hall–Kier alpha value is -1.26. The summed E-state index contributed by atoms with van der Waals surface area (Å²) < 4.78 is 23.2. The smallest absolute Gasteiger partial charge is 0.148 e. The summed E-state index contributed by atoms with van der Waals surface area (Å²) in [5, 5.41) is 0.0369. The van der Waals surface area contributed by atoms with Gasteiger partial charge in [-0.25, -0.2) is 8.42 Å². The van der Waals surface area contributed by atoms with Gasteiger partial charge in [0.05, 0.1) is 5.75 Å². The summed E-state index contributed by atoms with van der Waals surface area (Å²) in [5.41, 5.74) is 1.17. The number of sulfone groups is 1. The van der Waals surface area contributed by atoms with Crippen molar-refractivity contribution < 1.29 is 8.42 Å². The van der Waals surface area contributed by atoms with E-state index in [-0.39, 0.29) is 11.0 Å². The van der Waals surface area contributed by atoms with Gasteiger partial charge in [-0.3, -0.25) is 0 Å². The average molecular weight is 306 g/mol. The van der Waals surface area contributed by atoms with Crippen molar-refractivity contribution in [3.05, 3.63) is 66.2 Å². The van der Waals surface area contributed by atoms with Crippen molar-refractivity contribution in [3.63, 3.8) is 0 Å². The van der Waals surface area contributed by atoms with Crippen LogP contribution in [0, 0.1) is 0 Å². The summed E-state index contributed by atoms with van der Waals surface area (Å²) >= 11 is 1.63. The lowest BCUT2D eigenvalue weighted by Gasteiger charge is -2.15. The van der Waals surface area contributed by atoms with Crippen molar-refractivity contribution in [2.45, 2.75) is 16.6 Å². The fourth-order valence-corrected chi connectivity index (χ4v) is 4.82. The predicted octanol–water partition coefficient (Wildman–Crippen LogP) is 3.43. The van der Waals surface area contributed by atoms with E-state index in [9.17, 15) is 8.42 Å². The van der Waals surface area contributed by atoms with Crippen molar-refractivity contribution >= 4 is 21.6 Å². The highest BCUT2D eigenvalue weighted by molar-refractivity contribution is 8.01. The molecule has 0 aromatic heterocycles. The van der Waals surface area contributed by atoms with Crippen LogP contribution in [0.3, 0.4) is 0 Å². The molecule has 0 aliphatic rings. The summed E-state index contributed by atoms with van der Waals surface area (Å²) in [6.07, 6.45) is 2.06. The van der Waals surface area contributed by atoms with Crippen LogP contribution < -0.4 is 0 Å². The molecule has 0 fully saturated rings. The molecule has 20 heavy (non-hydrogen) atoms.